The third-order valence-corrected chi connectivity index (χ3v) is 4.07. The molecule has 0 spiro atoms. The monoisotopic (exact) mass is 424 g/mol. The van der Waals surface area contributed by atoms with Crippen LogP contribution < -0.4 is 4.74 Å². The van der Waals surface area contributed by atoms with Crippen molar-refractivity contribution in [2.75, 3.05) is 13.7 Å². The fourth-order valence-electron chi connectivity index (χ4n) is 2.43. The van der Waals surface area contributed by atoms with Crippen LogP contribution in [0.3, 0.4) is 0 Å². The largest absolute Gasteiger partial charge is 0.492 e. The fourth-order valence-corrected chi connectivity index (χ4v) is 2.77. The SMILES string of the molecule is COc1nc(O)c2ncn([C@@H]3O[C@H](COP(=O)(O)O)[C@@H](O)[C@H]3O)c2n1.[Na].[Na]. The van der Waals surface area contributed by atoms with Gasteiger partial charge in [-0.3, -0.25) is 9.09 Å². The number of rotatable bonds is 5. The Morgan fingerprint density at radius 1 is 1.26 bits per heavy atom. The van der Waals surface area contributed by atoms with Gasteiger partial charge in [0.15, 0.2) is 17.4 Å². The zero-order valence-corrected chi connectivity index (χ0v) is 19.6. The maximum absolute atomic E-state index is 10.8. The van der Waals surface area contributed by atoms with E-state index in [0.29, 0.717) is 0 Å². The molecule has 1 saturated heterocycles. The van der Waals surface area contributed by atoms with E-state index in [-0.39, 0.29) is 76.3 Å². The van der Waals surface area contributed by atoms with Gasteiger partial charge in [-0.2, -0.15) is 9.97 Å². The van der Waals surface area contributed by atoms with E-state index in [2.05, 4.69) is 19.5 Å². The number of aliphatic hydroxyl groups excluding tert-OH is 2. The van der Waals surface area contributed by atoms with Gasteiger partial charge in [0, 0.05) is 59.1 Å². The second-order valence-electron chi connectivity index (χ2n) is 5.19. The Morgan fingerprint density at radius 3 is 2.52 bits per heavy atom. The van der Waals surface area contributed by atoms with Crippen LogP contribution in [0.2, 0.25) is 0 Å². The van der Waals surface area contributed by atoms with E-state index in [1.165, 1.54) is 18.0 Å². The second-order valence-corrected chi connectivity index (χ2v) is 6.43. The third kappa shape index (κ3) is 5.39. The molecule has 27 heavy (non-hydrogen) atoms. The number of hydrogen-bond donors (Lipinski definition) is 5. The second kappa shape index (κ2) is 9.76. The fraction of sp³-hybridized carbons (Fsp3) is 0.545. The van der Waals surface area contributed by atoms with Crippen LogP contribution >= 0.6 is 7.82 Å². The number of phosphoric acid groups is 1. The summed E-state index contributed by atoms with van der Waals surface area (Å²) in [6.07, 6.45) is -4.14. The molecular formula is C11H15N4Na2O9P. The van der Waals surface area contributed by atoms with Gasteiger partial charge in [-0.1, -0.05) is 0 Å². The van der Waals surface area contributed by atoms with Crippen molar-refractivity contribution in [1.29, 1.82) is 0 Å². The zero-order chi connectivity index (χ0) is 18.4. The molecule has 2 radical (unpaired) electrons. The van der Waals surface area contributed by atoms with Gasteiger partial charge in [0.2, 0.25) is 5.88 Å². The molecular weight excluding hydrogens is 409 g/mol. The Kier molecular flexibility index (Phi) is 9.10. The van der Waals surface area contributed by atoms with Gasteiger partial charge in [0.05, 0.1) is 20.0 Å². The van der Waals surface area contributed by atoms with Gasteiger partial charge >= 0.3 is 13.8 Å². The van der Waals surface area contributed by atoms with Gasteiger partial charge in [0.1, 0.15) is 18.3 Å². The number of aromatic nitrogens is 4. The summed E-state index contributed by atoms with van der Waals surface area (Å²) in [6, 6.07) is -0.152. The van der Waals surface area contributed by atoms with Crippen LogP contribution in [-0.2, 0) is 13.8 Å². The van der Waals surface area contributed by atoms with Crippen molar-refractivity contribution in [2.45, 2.75) is 24.5 Å². The molecule has 3 heterocycles. The number of phosphoric ester groups is 1. The average Bonchev–Trinajstić information content (AvgIpc) is 3.08. The topological polar surface area (TPSA) is 190 Å². The van der Waals surface area contributed by atoms with E-state index < -0.39 is 44.8 Å². The molecule has 3 rings (SSSR count). The van der Waals surface area contributed by atoms with Crippen LogP contribution in [0.15, 0.2) is 6.33 Å². The third-order valence-electron chi connectivity index (χ3n) is 3.58. The van der Waals surface area contributed by atoms with Gasteiger partial charge < -0.3 is 34.6 Å². The van der Waals surface area contributed by atoms with Crippen LogP contribution in [0.5, 0.6) is 11.9 Å². The summed E-state index contributed by atoms with van der Waals surface area (Å²) in [4.78, 5) is 29.0. The van der Waals surface area contributed by atoms with Gasteiger partial charge in [-0.05, 0) is 0 Å². The van der Waals surface area contributed by atoms with Gasteiger partial charge in [-0.15, -0.1) is 0 Å². The minimum Gasteiger partial charge on any atom is -0.492 e. The minimum absolute atomic E-state index is 0. The molecule has 1 fully saturated rings. The van der Waals surface area contributed by atoms with Gasteiger partial charge in [-0.25, -0.2) is 9.55 Å². The summed E-state index contributed by atoms with van der Waals surface area (Å²) in [5.74, 6) is -0.449. The normalized spacial score (nSPS) is 25.1. The summed E-state index contributed by atoms with van der Waals surface area (Å²) >= 11 is 0. The summed E-state index contributed by atoms with van der Waals surface area (Å²) in [6.45, 7) is -0.644. The quantitative estimate of drug-likeness (QED) is 0.251. The van der Waals surface area contributed by atoms with E-state index in [1.54, 1.807) is 0 Å². The first-order valence-corrected chi connectivity index (χ1v) is 8.43. The Balaban J connectivity index is 0.00000182. The maximum Gasteiger partial charge on any atom is 0.469 e. The van der Waals surface area contributed by atoms with Crippen LogP contribution in [0.4, 0.5) is 0 Å². The molecule has 1 aliphatic heterocycles. The summed E-state index contributed by atoms with van der Waals surface area (Å²) in [5.41, 5.74) is 0.0816. The van der Waals surface area contributed by atoms with Crippen LogP contribution in [0, 0.1) is 0 Å². The van der Waals surface area contributed by atoms with E-state index in [9.17, 15) is 19.9 Å². The van der Waals surface area contributed by atoms with Crippen molar-refractivity contribution >= 4 is 78.1 Å². The number of hydrogen-bond acceptors (Lipinski definition) is 10. The summed E-state index contributed by atoms with van der Waals surface area (Å²) in [5, 5.41) is 30.0. The molecule has 1 aliphatic rings. The molecule has 0 unspecified atom stereocenters. The van der Waals surface area contributed by atoms with Crippen LogP contribution in [0.25, 0.3) is 11.2 Å². The molecule has 16 heteroatoms. The molecule has 0 aliphatic carbocycles. The molecule has 0 amide bonds. The average molecular weight is 424 g/mol. The zero-order valence-electron chi connectivity index (χ0n) is 14.7. The molecule has 0 aromatic carbocycles. The maximum atomic E-state index is 10.8. The van der Waals surface area contributed by atoms with Crippen molar-refractivity contribution < 1.29 is 43.7 Å². The van der Waals surface area contributed by atoms with Crippen molar-refractivity contribution in [1.82, 2.24) is 19.5 Å². The molecule has 13 nitrogen and oxygen atoms in total. The number of imidazole rings is 1. The summed E-state index contributed by atoms with van der Waals surface area (Å²) in [7, 11) is -3.47. The standard InChI is InChI=1S/C11H15N4O9P.2Na/c1-22-11-13-8-5(9(18)14-11)12-3-15(8)10-7(17)6(16)4(24-10)2-23-25(19,20)21;;/h3-4,6-7,10,16-17H,2H2,1H3,(H,13,14,18)(H2,19,20,21);;/t4-,6-,7-,10-;;/m1../s1. The minimum atomic E-state index is -4.76. The first-order valence-electron chi connectivity index (χ1n) is 6.90. The van der Waals surface area contributed by atoms with Gasteiger partial charge in [0.25, 0.3) is 0 Å². The molecule has 2 aromatic rings. The molecule has 4 atom stereocenters. The Bertz CT molecular complexity index is 834. The van der Waals surface area contributed by atoms with E-state index in [0.717, 1.165) is 0 Å². The predicted octanol–water partition coefficient (Wildman–Crippen LogP) is -2.49. The number of aliphatic hydroxyl groups is 2. The van der Waals surface area contributed by atoms with Crippen molar-refractivity contribution in [3.8, 4) is 11.9 Å². The van der Waals surface area contributed by atoms with E-state index >= 15 is 0 Å². The molecule has 0 bridgehead atoms. The van der Waals surface area contributed by atoms with Crippen molar-refractivity contribution in [3.05, 3.63) is 6.33 Å². The number of fused-ring (bicyclic) bond motifs is 1. The van der Waals surface area contributed by atoms with E-state index in [4.69, 9.17) is 19.3 Å². The first-order chi connectivity index (χ1) is 11.7. The van der Waals surface area contributed by atoms with Crippen molar-refractivity contribution in [2.24, 2.45) is 0 Å². The number of ether oxygens (including phenoxy) is 2. The molecule has 140 valence electrons. The predicted molar refractivity (Wildman–Crippen MR) is 89.0 cm³/mol. The molecule has 2 aromatic heterocycles. The number of nitrogens with zero attached hydrogens (tertiary/aromatic N) is 4. The number of aromatic hydroxyl groups is 1. The number of methoxy groups -OCH3 is 1. The summed E-state index contributed by atoms with van der Waals surface area (Å²) < 4.78 is 26.6. The van der Waals surface area contributed by atoms with Crippen LogP contribution in [0.1, 0.15) is 6.23 Å². The Labute approximate surface area is 196 Å². The molecule has 0 saturated carbocycles. The van der Waals surface area contributed by atoms with Crippen LogP contribution in [-0.4, -0.2) is 136 Å². The Morgan fingerprint density at radius 2 is 1.93 bits per heavy atom. The molecule has 5 N–H and O–H groups in total. The Hall–Kier alpha value is 0.140. The smallest absolute Gasteiger partial charge is 0.469 e. The van der Waals surface area contributed by atoms with Crippen molar-refractivity contribution in [3.63, 3.8) is 0 Å². The van der Waals surface area contributed by atoms with E-state index in [1.807, 2.05) is 0 Å². The first kappa shape index (κ1) is 25.2.